The first kappa shape index (κ1) is 19.5. The molecular formula is C20H23N3O6. The Hall–Kier alpha value is -2.78. The van der Waals surface area contributed by atoms with Gasteiger partial charge in [0.25, 0.3) is 11.8 Å². The third-order valence-electron chi connectivity index (χ3n) is 5.75. The number of amides is 4. The fourth-order valence-electron chi connectivity index (χ4n) is 4.30. The van der Waals surface area contributed by atoms with E-state index in [-0.39, 0.29) is 36.6 Å². The Morgan fingerprint density at radius 2 is 1.97 bits per heavy atom. The van der Waals surface area contributed by atoms with Crippen molar-refractivity contribution in [1.29, 1.82) is 0 Å². The summed E-state index contributed by atoms with van der Waals surface area (Å²) in [4.78, 5) is 52.5. The molecule has 0 aliphatic carbocycles. The van der Waals surface area contributed by atoms with E-state index in [1.54, 1.807) is 18.2 Å². The summed E-state index contributed by atoms with van der Waals surface area (Å²) in [6.45, 7) is 1.88. The molecule has 2 unspecified atom stereocenters. The van der Waals surface area contributed by atoms with Crippen LogP contribution >= 0.6 is 0 Å². The quantitative estimate of drug-likeness (QED) is 0.641. The van der Waals surface area contributed by atoms with Crippen LogP contribution in [-0.2, 0) is 9.59 Å². The number of hydrogen-bond acceptors (Lipinski definition) is 7. The molecule has 3 aliphatic heterocycles. The summed E-state index contributed by atoms with van der Waals surface area (Å²) in [5.74, 6) is -1.85. The highest BCUT2D eigenvalue weighted by Crippen LogP contribution is 2.34. The van der Waals surface area contributed by atoms with Gasteiger partial charge in [0.2, 0.25) is 11.8 Å². The molecular weight excluding hydrogens is 378 g/mol. The van der Waals surface area contributed by atoms with Crippen LogP contribution in [-0.4, -0.2) is 76.9 Å². The van der Waals surface area contributed by atoms with Crippen molar-refractivity contribution in [2.75, 3.05) is 26.3 Å². The van der Waals surface area contributed by atoms with Gasteiger partial charge in [0.1, 0.15) is 18.4 Å². The maximum absolute atomic E-state index is 13.0. The second-order valence-electron chi connectivity index (χ2n) is 7.49. The Morgan fingerprint density at radius 1 is 1.14 bits per heavy atom. The van der Waals surface area contributed by atoms with Gasteiger partial charge >= 0.3 is 0 Å². The molecule has 0 aromatic heterocycles. The molecule has 9 nitrogen and oxygen atoms in total. The van der Waals surface area contributed by atoms with Crippen molar-refractivity contribution in [3.05, 3.63) is 29.3 Å². The number of piperidine rings is 1. The van der Waals surface area contributed by atoms with Gasteiger partial charge in [0.15, 0.2) is 0 Å². The Balaban J connectivity index is 1.53. The van der Waals surface area contributed by atoms with Gasteiger partial charge in [-0.3, -0.25) is 34.3 Å². The van der Waals surface area contributed by atoms with E-state index in [0.717, 1.165) is 24.3 Å². The first-order valence-corrected chi connectivity index (χ1v) is 9.83. The van der Waals surface area contributed by atoms with Crippen molar-refractivity contribution < 1.29 is 29.0 Å². The van der Waals surface area contributed by atoms with Crippen LogP contribution in [0.3, 0.4) is 0 Å². The SMILES string of the molecule is O=C1CCC(N2C(=O)c3cccc(OCC4CCCN4CCO)c3C2=O)C(=O)N1. The van der Waals surface area contributed by atoms with E-state index in [2.05, 4.69) is 10.2 Å². The van der Waals surface area contributed by atoms with E-state index in [4.69, 9.17) is 4.74 Å². The summed E-state index contributed by atoms with van der Waals surface area (Å²) in [5, 5.41) is 11.4. The maximum atomic E-state index is 13.0. The summed E-state index contributed by atoms with van der Waals surface area (Å²) >= 11 is 0. The highest BCUT2D eigenvalue weighted by atomic mass is 16.5. The van der Waals surface area contributed by atoms with Gasteiger partial charge in [-0.25, -0.2) is 0 Å². The molecule has 154 valence electrons. The second kappa shape index (κ2) is 7.92. The van der Waals surface area contributed by atoms with Crippen LogP contribution in [0.15, 0.2) is 18.2 Å². The van der Waals surface area contributed by atoms with E-state index in [9.17, 15) is 24.3 Å². The molecule has 0 bridgehead atoms. The Kier molecular flexibility index (Phi) is 5.33. The number of β-amino-alcohol motifs (C(OH)–C–C–N with tert-alkyl or cyclic N) is 1. The van der Waals surface area contributed by atoms with Crippen molar-refractivity contribution in [3.8, 4) is 5.75 Å². The largest absolute Gasteiger partial charge is 0.491 e. The monoisotopic (exact) mass is 401 g/mol. The van der Waals surface area contributed by atoms with Crippen molar-refractivity contribution in [2.45, 2.75) is 37.8 Å². The van der Waals surface area contributed by atoms with Crippen LogP contribution in [0.5, 0.6) is 5.75 Å². The molecule has 0 radical (unpaired) electrons. The standard InChI is InChI=1S/C20H23N3O6/c24-10-9-22-8-2-3-12(22)11-29-15-5-1-4-13-17(15)20(28)23(19(13)27)14-6-7-16(25)21-18(14)26/h1,4-5,12,14,24H,2-3,6-11H2,(H,21,25,26). The molecule has 2 fully saturated rings. The molecule has 29 heavy (non-hydrogen) atoms. The van der Waals surface area contributed by atoms with Gasteiger partial charge in [0.05, 0.1) is 17.7 Å². The summed E-state index contributed by atoms with van der Waals surface area (Å²) in [6.07, 6.45) is 2.14. The van der Waals surface area contributed by atoms with Crippen molar-refractivity contribution in [1.82, 2.24) is 15.1 Å². The van der Waals surface area contributed by atoms with Crippen LogP contribution in [0.1, 0.15) is 46.4 Å². The molecule has 1 aromatic carbocycles. The smallest absolute Gasteiger partial charge is 0.266 e. The van der Waals surface area contributed by atoms with Crippen molar-refractivity contribution in [2.24, 2.45) is 0 Å². The minimum atomic E-state index is -0.997. The van der Waals surface area contributed by atoms with Crippen LogP contribution in [0.25, 0.3) is 0 Å². The van der Waals surface area contributed by atoms with Gasteiger partial charge in [-0.05, 0) is 37.9 Å². The number of hydrogen-bond donors (Lipinski definition) is 2. The minimum Gasteiger partial charge on any atom is -0.491 e. The van der Waals surface area contributed by atoms with Crippen molar-refractivity contribution in [3.63, 3.8) is 0 Å². The second-order valence-corrected chi connectivity index (χ2v) is 7.49. The Labute approximate surface area is 167 Å². The summed E-state index contributed by atoms with van der Waals surface area (Å²) in [6, 6.07) is 3.97. The topological polar surface area (TPSA) is 116 Å². The zero-order valence-corrected chi connectivity index (χ0v) is 15.9. The maximum Gasteiger partial charge on any atom is 0.266 e. The fourth-order valence-corrected chi connectivity index (χ4v) is 4.30. The molecule has 4 rings (SSSR count). The van der Waals surface area contributed by atoms with E-state index in [1.165, 1.54) is 0 Å². The normalized spacial score (nSPS) is 24.8. The van der Waals surface area contributed by atoms with E-state index in [1.807, 2.05) is 0 Å². The lowest BCUT2D eigenvalue weighted by molar-refractivity contribution is -0.136. The van der Waals surface area contributed by atoms with Crippen LogP contribution < -0.4 is 10.1 Å². The predicted octanol–water partition coefficient (Wildman–Crippen LogP) is -0.0767. The molecule has 3 aliphatic rings. The van der Waals surface area contributed by atoms with Crippen molar-refractivity contribution >= 4 is 23.6 Å². The highest BCUT2D eigenvalue weighted by Gasteiger charge is 2.46. The lowest BCUT2D eigenvalue weighted by Crippen LogP contribution is -2.54. The average Bonchev–Trinajstić information content (AvgIpc) is 3.24. The van der Waals surface area contributed by atoms with E-state index >= 15 is 0 Å². The average molecular weight is 401 g/mol. The molecule has 1 aromatic rings. The predicted molar refractivity (Wildman–Crippen MR) is 100 cm³/mol. The highest BCUT2D eigenvalue weighted by molar-refractivity contribution is 6.24. The zero-order chi connectivity index (χ0) is 20.5. The first-order chi connectivity index (χ1) is 14.0. The molecule has 4 amide bonds. The molecule has 0 saturated carbocycles. The number of aliphatic hydroxyl groups excluding tert-OH is 1. The van der Waals surface area contributed by atoms with Crippen LogP contribution in [0.4, 0.5) is 0 Å². The minimum absolute atomic E-state index is 0.0745. The number of carbonyl (C=O) groups excluding carboxylic acids is 4. The summed E-state index contributed by atoms with van der Waals surface area (Å²) in [5.41, 5.74) is 0.366. The molecule has 2 N–H and O–H groups in total. The fraction of sp³-hybridized carbons (Fsp3) is 0.500. The third kappa shape index (κ3) is 3.51. The number of nitrogens with zero attached hydrogens (tertiary/aromatic N) is 2. The number of fused-ring (bicyclic) bond motifs is 1. The van der Waals surface area contributed by atoms with E-state index < -0.39 is 29.7 Å². The third-order valence-corrected chi connectivity index (χ3v) is 5.75. The number of likely N-dealkylation sites (tertiary alicyclic amines) is 1. The number of ether oxygens (including phenoxy) is 1. The number of imide groups is 2. The van der Waals surface area contributed by atoms with Crippen LogP contribution in [0, 0.1) is 0 Å². The summed E-state index contributed by atoms with van der Waals surface area (Å²) < 4.78 is 5.93. The molecule has 9 heteroatoms. The Morgan fingerprint density at radius 3 is 2.72 bits per heavy atom. The number of nitrogens with one attached hydrogen (secondary N) is 1. The molecule has 2 atom stereocenters. The van der Waals surface area contributed by atoms with E-state index in [0.29, 0.717) is 18.9 Å². The van der Waals surface area contributed by atoms with Gasteiger partial charge < -0.3 is 9.84 Å². The Bertz CT molecular complexity index is 870. The summed E-state index contributed by atoms with van der Waals surface area (Å²) in [7, 11) is 0. The lowest BCUT2D eigenvalue weighted by atomic mass is 10.0. The number of benzene rings is 1. The van der Waals surface area contributed by atoms with Gasteiger partial charge in [-0.15, -0.1) is 0 Å². The first-order valence-electron chi connectivity index (χ1n) is 9.83. The molecule has 3 heterocycles. The molecule has 0 spiro atoms. The number of carbonyl (C=O) groups is 4. The van der Waals surface area contributed by atoms with Gasteiger partial charge in [-0.2, -0.15) is 0 Å². The lowest BCUT2D eigenvalue weighted by Gasteiger charge is -2.28. The van der Waals surface area contributed by atoms with Crippen LogP contribution in [0.2, 0.25) is 0 Å². The number of rotatable bonds is 6. The number of aliphatic hydroxyl groups is 1. The zero-order valence-electron chi connectivity index (χ0n) is 15.9. The van der Waals surface area contributed by atoms with Gasteiger partial charge in [0, 0.05) is 19.0 Å². The molecule has 2 saturated heterocycles. The van der Waals surface area contributed by atoms with Gasteiger partial charge in [-0.1, -0.05) is 6.07 Å².